The molecule has 2 heterocycles. The molecule has 6 nitrogen and oxygen atoms in total. The summed E-state index contributed by atoms with van der Waals surface area (Å²) in [6.07, 6.45) is 4.62. The quantitative estimate of drug-likeness (QED) is 0.829. The first-order valence-electron chi connectivity index (χ1n) is 5.33. The average Bonchev–Trinajstić information content (AvgIpc) is 2.95. The van der Waals surface area contributed by atoms with E-state index in [9.17, 15) is 9.59 Å². The lowest BCUT2D eigenvalue weighted by molar-refractivity contribution is -0.137. The highest BCUT2D eigenvalue weighted by Crippen LogP contribution is 2.04. The summed E-state index contributed by atoms with van der Waals surface area (Å²) in [5.41, 5.74) is 1.17. The second-order valence-electron chi connectivity index (χ2n) is 3.73. The van der Waals surface area contributed by atoms with E-state index in [0.717, 1.165) is 5.56 Å². The molecule has 2 rings (SSSR count). The van der Waals surface area contributed by atoms with Gasteiger partial charge >= 0.3 is 5.97 Å². The van der Waals surface area contributed by atoms with Crippen LogP contribution in [0.4, 0.5) is 0 Å². The van der Waals surface area contributed by atoms with Crippen molar-refractivity contribution in [2.24, 2.45) is 0 Å². The van der Waals surface area contributed by atoms with Gasteiger partial charge in [-0.05, 0) is 18.2 Å². The van der Waals surface area contributed by atoms with Crippen LogP contribution in [0, 0.1) is 0 Å². The number of nitrogens with zero attached hydrogens (tertiary/aromatic N) is 1. The Labute approximate surface area is 103 Å². The SMILES string of the molecule is O=C(O)Cn1cccc1C(=O)NCc1ccoc1. The van der Waals surface area contributed by atoms with Crippen LogP contribution in [-0.4, -0.2) is 21.6 Å². The van der Waals surface area contributed by atoms with E-state index in [1.807, 2.05) is 0 Å². The van der Waals surface area contributed by atoms with Gasteiger partial charge in [-0.3, -0.25) is 9.59 Å². The Morgan fingerprint density at radius 1 is 1.39 bits per heavy atom. The predicted molar refractivity (Wildman–Crippen MR) is 61.9 cm³/mol. The number of aromatic nitrogens is 1. The maximum Gasteiger partial charge on any atom is 0.323 e. The van der Waals surface area contributed by atoms with Crippen molar-refractivity contribution in [1.29, 1.82) is 0 Å². The monoisotopic (exact) mass is 248 g/mol. The first-order valence-corrected chi connectivity index (χ1v) is 5.33. The number of carbonyl (C=O) groups is 2. The minimum Gasteiger partial charge on any atom is -0.480 e. The zero-order chi connectivity index (χ0) is 13.0. The minimum absolute atomic E-state index is 0.235. The number of nitrogens with one attached hydrogen (secondary N) is 1. The van der Waals surface area contributed by atoms with Gasteiger partial charge < -0.3 is 19.4 Å². The zero-order valence-electron chi connectivity index (χ0n) is 9.50. The molecular weight excluding hydrogens is 236 g/mol. The molecule has 0 spiro atoms. The fourth-order valence-corrected chi connectivity index (χ4v) is 1.57. The third-order valence-corrected chi connectivity index (χ3v) is 2.40. The van der Waals surface area contributed by atoms with Crippen LogP contribution in [-0.2, 0) is 17.9 Å². The van der Waals surface area contributed by atoms with E-state index in [4.69, 9.17) is 9.52 Å². The molecule has 0 saturated heterocycles. The molecule has 0 saturated carbocycles. The highest BCUT2D eigenvalue weighted by atomic mass is 16.4. The lowest BCUT2D eigenvalue weighted by Gasteiger charge is -2.06. The molecule has 18 heavy (non-hydrogen) atoms. The van der Waals surface area contributed by atoms with Crippen LogP contribution >= 0.6 is 0 Å². The van der Waals surface area contributed by atoms with Crippen LogP contribution < -0.4 is 5.32 Å². The van der Waals surface area contributed by atoms with E-state index >= 15 is 0 Å². The number of aliphatic carboxylic acids is 1. The highest BCUT2D eigenvalue weighted by Gasteiger charge is 2.12. The van der Waals surface area contributed by atoms with Crippen LogP contribution in [0.25, 0.3) is 0 Å². The van der Waals surface area contributed by atoms with Gasteiger partial charge in [-0.2, -0.15) is 0 Å². The van der Waals surface area contributed by atoms with Crippen LogP contribution in [0.1, 0.15) is 16.1 Å². The third-order valence-electron chi connectivity index (χ3n) is 2.40. The van der Waals surface area contributed by atoms with Crippen molar-refractivity contribution < 1.29 is 19.1 Å². The Kier molecular flexibility index (Phi) is 3.47. The smallest absolute Gasteiger partial charge is 0.323 e. The van der Waals surface area contributed by atoms with E-state index in [1.54, 1.807) is 24.4 Å². The van der Waals surface area contributed by atoms with Gasteiger partial charge in [0.2, 0.25) is 0 Å². The molecule has 2 aromatic rings. The summed E-state index contributed by atoms with van der Waals surface area (Å²) >= 11 is 0. The van der Waals surface area contributed by atoms with Crippen molar-refractivity contribution in [3.05, 3.63) is 48.2 Å². The van der Waals surface area contributed by atoms with E-state index < -0.39 is 5.97 Å². The van der Waals surface area contributed by atoms with Crippen molar-refractivity contribution in [1.82, 2.24) is 9.88 Å². The summed E-state index contributed by atoms with van der Waals surface area (Å²) in [6, 6.07) is 4.96. The Morgan fingerprint density at radius 2 is 2.22 bits per heavy atom. The second kappa shape index (κ2) is 5.22. The normalized spacial score (nSPS) is 10.2. The molecule has 6 heteroatoms. The standard InChI is InChI=1S/C12H12N2O4/c15-11(16)7-14-4-1-2-10(14)12(17)13-6-9-3-5-18-8-9/h1-5,8H,6-7H2,(H,13,17)(H,15,16). The van der Waals surface area contributed by atoms with Crippen molar-refractivity contribution in [3.63, 3.8) is 0 Å². The summed E-state index contributed by atoms with van der Waals surface area (Å²) < 4.78 is 6.26. The van der Waals surface area contributed by atoms with Gasteiger partial charge in [0.15, 0.2) is 0 Å². The minimum atomic E-state index is -0.991. The molecule has 0 bridgehead atoms. The average molecular weight is 248 g/mol. The highest BCUT2D eigenvalue weighted by molar-refractivity contribution is 5.93. The van der Waals surface area contributed by atoms with Crippen LogP contribution in [0.5, 0.6) is 0 Å². The van der Waals surface area contributed by atoms with Crippen molar-refractivity contribution in [2.75, 3.05) is 0 Å². The van der Waals surface area contributed by atoms with Crippen molar-refractivity contribution in [2.45, 2.75) is 13.1 Å². The molecule has 0 aliphatic heterocycles. The van der Waals surface area contributed by atoms with Crippen molar-refractivity contribution in [3.8, 4) is 0 Å². The predicted octanol–water partition coefficient (Wildman–Crippen LogP) is 1.10. The number of amides is 1. The number of carboxylic acid groups (broad SMARTS) is 1. The number of hydrogen-bond acceptors (Lipinski definition) is 3. The lowest BCUT2D eigenvalue weighted by atomic mass is 10.3. The number of carboxylic acids is 1. The molecule has 0 fully saturated rings. The number of carbonyl (C=O) groups excluding carboxylic acids is 1. The molecule has 94 valence electrons. The summed E-state index contributed by atoms with van der Waals surface area (Å²) in [5, 5.41) is 11.4. The molecule has 1 amide bonds. The summed E-state index contributed by atoms with van der Waals surface area (Å²) in [5.74, 6) is -1.31. The van der Waals surface area contributed by atoms with Gasteiger partial charge in [-0.15, -0.1) is 0 Å². The number of furan rings is 1. The van der Waals surface area contributed by atoms with Gasteiger partial charge in [0.1, 0.15) is 12.2 Å². The molecule has 2 aromatic heterocycles. The van der Waals surface area contributed by atoms with Crippen LogP contribution in [0.2, 0.25) is 0 Å². The molecule has 0 atom stereocenters. The molecule has 2 N–H and O–H groups in total. The summed E-state index contributed by atoms with van der Waals surface area (Å²) in [6.45, 7) is 0.106. The van der Waals surface area contributed by atoms with Crippen LogP contribution in [0.3, 0.4) is 0 Å². The summed E-state index contributed by atoms with van der Waals surface area (Å²) in [4.78, 5) is 22.5. The number of rotatable bonds is 5. The van der Waals surface area contributed by atoms with Gasteiger partial charge in [0, 0.05) is 18.3 Å². The van der Waals surface area contributed by atoms with E-state index in [2.05, 4.69) is 5.32 Å². The molecule has 0 unspecified atom stereocenters. The molecule has 0 radical (unpaired) electrons. The Balaban J connectivity index is 2.00. The fraction of sp³-hybridized carbons (Fsp3) is 0.167. The van der Waals surface area contributed by atoms with Gasteiger partial charge in [0.05, 0.1) is 12.5 Å². The first kappa shape index (κ1) is 12.0. The topological polar surface area (TPSA) is 84.5 Å². The summed E-state index contributed by atoms with van der Waals surface area (Å²) in [7, 11) is 0. The van der Waals surface area contributed by atoms with E-state index in [1.165, 1.54) is 17.1 Å². The third kappa shape index (κ3) is 2.79. The Morgan fingerprint density at radius 3 is 2.89 bits per heavy atom. The molecule has 0 aliphatic carbocycles. The van der Waals surface area contributed by atoms with Crippen LogP contribution in [0.15, 0.2) is 41.3 Å². The Hall–Kier alpha value is -2.50. The second-order valence-corrected chi connectivity index (χ2v) is 3.73. The maximum absolute atomic E-state index is 11.8. The zero-order valence-corrected chi connectivity index (χ0v) is 9.50. The first-order chi connectivity index (χ1) is 8.66. The van der Waals surface area contributed by atoms with Gasteiger partial charge in [-0.1, -0.05) is 0 Å². The van der Waals surface area contributed by atoms with Gasteiger partial charge in [-0.25, -0.2) is 0 Å². The van der Waals surface area contributed by atoms with E-state index in [-0.39, 0.29) is 12.5 Å². The molecule has 0 aliphatic rings. The largest absolute Gasteiger partial charge is 0.480 e. The Bertz CT molecular complexity index is 542. The molecule has 0 aromatic carbocycles. The van der Waals surface area contributed by atoms with Crippen molar-refractivity contribution >= 4 is 11.9 Å². The molecular formula is C12H12N2O4. The van der Waals surface area contributed by atoms with Gasteiger partial charge in [0.25, 0.3) is 5.91 Å². The fourth-order valence-electron chi connectivity index (χ4n) is 1.57. The number of hydrogen-bond donors (Lipinski definition) is 2. The van der Waals surface area contributed by atoms with E-state index in [0.29, 0.717) is 12.2 Å². The lowest BCUT2D eigenvalue weighted by Crippen LogP contribution is -2.26. The maximum atomic E-state index is 11.8.